The molecule has 27 heavy (non-hydrogen) atoms. The van der Waals surface area contributed by atoms with E-state index in [0.717, 1.165) is 31.8 Å². The summed E-state index contributed by atoms with van der Waals surface area (Å²) in [5.41, 5.74) is -1.27. The van der Waals surface area contributed by atoms with Crippen molar-refractivity contribution >= 4 is 16.1 Å². The zero-order valence-corrected chi connectivity index (χ0v) is 20.4. The van der Waals surface area contributed by atoms with Crippen LogP contribution in [0.1, 0.15) is 97.3 Å². The minimum atomic E-state index is -4.46. The fraction of sp³-hybridized carbons (Fsp3) is 0.850. The van der Waals surface area contributed by atoms with Crippen LogP contribution in [0.4, 0.5) is 0 Å². The van der Waals surface area contributed by atoms with E-state index in [1.54, 1.807) is 0 Å². The Bertz CT molecular complexity index is 493. The second-order valence-electron chi connectivity index (χ2n) is 7.42. The summed E-state index contributed by atoms with van der Waals surface area (Å²) in [4.78, 5) is 11.4. The first kappa shape index (κ1) is 29.3. The summed E-state index contributed by atoms with van der Waals surface area (Å²) < 4.78 is 38.3. The van der Waals surface area contributed by atoms with Gasteiger partial charge in [0.05, 0.1) is 15.9 Å². The van der Waals surface area contributed by atoms with E-state index in [1.165, 1.54) is 58.3 Å². The van der Waals surface area contributed by atoms with E-state index in [1.807, 2.05) is 0 Å². The van der Waals surface area contributed by atoms with E-state index in [-0.39, 0.29) is 29.6 Å². The molecule has 0 aliphatic rings. The SMILES string of the molecule is C=CC(=O)OC(C)(CCCCCCCCCCCCCC)CS(=O)(=O)[O-].[Na+]. The Morgan fingerprint density at radius 3 is 1.74 bits per heavy atom. The minimum absolute atomic E-state index is 0. The average Bonchev–Trinajstić information content (AvgIpc) is 2.54. The van der Waals surface area contributed by atoms with Crippen molar-refractivity contribution in [1.82, 2.24) is 0 Å². The van der Waals surface area contributed by atoms with E-state index in [4.69, 9.17) is 4.74 Å². The van der Waals surface area contributed by atoms with Gasteiger partial charge in [-0.05, 0) is 19.8 Å². The molecule has 0 heterocycles. The molecule has 0 aromatic heterocycles. The van der Waals surface area contributed by atoms with Crippen LogP contribution in [0.25, 0.3) is 0 Å². The maximum absolute atomic E-state index is 11.4. The molecular weight excluding hydrogens is 375 g/mol. The standard InChI is InChI=1S/C20H38O5S.Na/c1-4-6-7-8-9-10-11-12-13-14-15-16-17-20(3,18-26(22,23)24)25-19(21)5-2;/h5H,2,4,6-18H2,1,3H3,(H,22,23,24);/q;+1/p-1. The molecule has 0 N–H and O–H groups in total. The van der Waals surface area contributed by atoms with Crippen molar-refractivity contribution in [2.45, 2.75) is 103 Å². The number of hydrogen-bond acceptors (Lipinski definition) is 5. The number of carbonyl (C=O) groups excluding carboxylic acids is 1. The van der Waals surface area contributed by atoms with Gasteiger partial charge in [0.25, 0.3) is 0 Å². The van der Waals surface area contributed by atoms with Gasteiger partial charge in [-0.1, -0.05) is 84.1 Å². The maximum atomic E-state index is 11.4. The van der Waals surface area contributed by atoms with Crippen LogP contribution in [-0.2, 0) is 19.6 Å². The molecule has 0 saturated heterocycles. The molecule has 5 nitrogen and oxygen atoms in total. The molecule has 0 aromatic carbocycles. The van der Waals surface area contributed by atoms with E-state index in [9.17, 15) is 17.8 Å². The molecule has 0 radical (unpaired) electrons. The summed E-state index contributed by atoms with van der Waals surface area (Å²) in [7, 11) is -4.46. The largest absolute Gasteiger partial charge is 1.00 e. The molecular formula is C20H37NaO5S. The molecule has 7 heteroatoms. The Morgan fingerprint density at radius 1 is 0.963 bits per heavy atom. The zero-order valence-electron chi connectivity index (χ0n) is 17.6. The van der Waals surface area contributed by atoms with Crippen molar-refractivity contribution < 1.29 is 52.1 Å². The molecule has 154 valence electrons. The van der Waals surface area contributed by atoms with Gasteiger partial charge in [0.15, 0.2) is 0 Å². The summed E-state index contributed by atoms with van der Waals surface area (Å²) >= 11 is 0. The van der Waals surface area contributed by atoms with Gasteiger partial charge in [-0.3, -0.25) is 0 Å². The summed E-state index contributed by atoms with van der Waals surface area (Å²) in [6.45, 7) is 7.04. The fourth-order valence-corrected chi connectivity index (χ4v) is 4.10. The summed E-state index contributed by atoms with van der Waals surface area (Å²) in [5.74, 6) is -1.40. The van der Waals surface area contributed by atoms with E-state index >= 15 is 0 Å². The van der Waals surface area contributed by atoms with Crippen molar-refractivity contribution in [2.75, 3.05) is 5.75 Å². The number of hydrogen-bond donors (Lipinski definition) is 0. The summed E-state index contributed by atoms with van der Waals surface area (Å²) in [5, 5.41) is 0. The third-order valence-electron chi connectivity index (χ3n) is 4.55. The van der Waals surface area contributed by atoms with Crippen LogP contribution in [0.3, 0.4) is 0 Å². The van der Waals surface area contributed by atoms with E-state index in [0.29, 0.717) is 6.42 Å². The number of carbonyl (C=O) groups is 1. The van der Waals surface area contributed by atoms with Gasteiger partial charge in [-0.15, -0.1) is 0 Å². The number of rotatable bonds is 17. The van der Waals surface area contributed by atoms with Crippen LogP contribution in [0, 0.1) is 0 Å². The van der Waals surface area contributed by atoms with Crippen molar-refractivity contribution in [3.05, 3.63) is 12.7 Å². The Hall–Kier alpha value is 0.120. The van der Waals surface area contributed by atoms with E-state index in [2.05, 4.69) is 13.5 Å². The molecule has 1 atom stereocenters. The number of esters is 1. The van der Waals surface area contributed by atoms with Crippen LogP contribution in [0.5, 0.6) is 0 Å². The third kappa shape index (κ3) is 19.2. The molecule has 0 saturated carbocycles. The van der Waals surface area contributed by atoms with Gasteiger partial charge in [0.1, 0.15) is 5.60 Å². The van der Waals surface area contributed by atoms with Gasteiger partial charge in [0.2, 0.25) is 0 Å². The Labute approximate surface area is 188 Å². The third-order valence-corrected chi connectivity index (χ3v) is 5.52. The van der Waals surface area contributed by atoms with Gasteiger partial charge in [-0.2, -0.15) is 0 Å². The van der Waals surface area contributed by atoms with Crippen molar-refractivity contribution in [1.29, 1.82) is 0 Å². The molecule has 1 unspecified atom stereocenters. The first-order valence-electron chi connectivity index (χ1n) is 10.0. The van der Waals surface area contributed by atoms with Crippen LogP contribution in [-0.4, -0.2) is 30.3 Å². The Balaban J connectivity index is 0. The Morgan fingerprint density at radius 2 is 1.37 bits per heavy atom. The van der Waals surface area contributed by atoms with Crippen LogP contribution in [0.2, 0.25) is 0 Å². The van der Waals surface area contributed by atoms with Crippen LogP contribution >= 0.6 is 0 Å². The smallest absolute Gasteiger partial charge is 0.748 e. The van der Waals surface area contributed by atoms with Crippen LogP contribution < -0.4 is 29.6 Å². The quantitative estimate of drug-likeness (QED) is 0.120. The summed E-state index contributed by atoms with van der Waals surface area (Å²) in [6.07, 6.45) is 15.7. The fourth-order valence-electron chi connectivity index (χ4n) is 3.15. The average molecular weight is 413 g/mol. The van der Waals surface area contributed by atoms with Crippen molar-refractivity contribution in [2.24, 2.45) is 0 Å². The van der Waals surface area contributed by atoms with Gasteiger partial charge < -0.3 is 9.29 Å². The van der Waals surface area contributed by atoms with Gasteiger partial charge in [0, 0.05) is 6.08 Å². The predicted molar refractivity (Wildman–Crippen MR) is 105 cm³/mol. The first-order chi connectivity index (χ1) is 12.2. The van der Waals surface area contributed by atoms with Crippen molar-refractivity contribution in [3.63, 3.8) is 0 Å². The number of ether oxygens (including phenoxy) is 1. The molecule has 0 bridgehead atoms. The molecule has 0 aromatic rings. The molecule has 0 amide bonds. The van der Waals surface area contributed by atoms with Crippen LogP contribution in [0.15, 0.2) is 12.7 Å². The molecule has 0 spiro atoms. The zero-order chi connectivity index (χ0) is 19.9. The van der Waals surface area contributed by atoms with E-state index < -0.39 is 27.4 Å². The topological polar surface area (TPSA) is 83.5 Å². The molecule has 0 rings (SSSR count). The predicted octanol–water partition coefficient (Wildman–Crippen LogP) is 2.11. The molecule has 0 aliphatic heterocycles. The monoisotopic (exact) mass is 412 g/mol. The normalized spacial score (nSPS) is 13.4. The number of unbranched alkanes of at least 4 members (excludes halogenated alkanes) is 11. The summed E-state index contributed by atoms with van der Waals surface area (Å²) in [6, 6.07) is 0. The second kappa shape index (κ2) is 17.0. The maximum Gasteiger partial charge on any atom is 1.00 e. The minimum Gasteiger partial charge on any atom is -0.748 e. The molecule has 0 aliphatic carbocycles. The first-order valence-corrected chi connectivity index (χ1v) is 11.6. The second-order valence-corrected chi connectivity index (χ2v) is 8.82. The van der Waals surface area contributed by atoms with Crippen molar-refractivity contribution in [3.8, 4) is 0 Å². The van der Waals surface area contributed by atoms with Gasteiger partial charge in [-0.25, -0.2) is 13.2 Å². The van der Waals surface area contributed by atoms with Gasteiger partial charge >= 0.3 is 35.5 Å². The molecule has 0 fully saturated rings. The Kier molecular flexibility index (Phi) is 18.5.